The maximum absolute atomic E-state index is 6.14. The fraction of sp³-hybridized carbons (Fsp3) is 0.625. The van der Waals surface area contributed by atoms with Gasteiger partial charge in [-0.2, -0.15) is 0 Å². The Labute approximate surface area is 115 Å². The molecule has 3 unspecified atom stereocenters. The smallest absolute Gasteiger partial charge is 0.0438 e. The third-order valence-corrected chi connectivity index (χ3v) is 5.26. The normalized spacial score (nSPS) is 30.0. The molecule has 1 nitrogen and oxygen atoms in total. The number of hydrogen-bond donors (Lipinski definition) is 1. The van der Waals surface area contributed by atoms with E-state index < -0.39 is 0 Å². The van der Waals surface area contributed by atoms with Crippen LogP contribution < -0.4 is 5.32 Å². The van der Waals surface area contributed by atoms with Crippen molar-refractivity contribution in [1.82, 2.24) is 5.32 Å². The van der Waals surface area contributed by atoms with Crippen molar-refractivity contribution < 1.29 is 0 Å². The number of hydrogen-bond acceptors (Lipinski definition) is 1. The van der Waals surface area contributed by atoms with Gasteiger partial charge >= 0.3 is 0 Å². The van der Waals surface area contributed by atoms with E-state index in [1.54, 1.807) is 0 Å². The summed E-state index contributed by atoms with van der Waals surface area (Å²) in [5, 5.41) is 4.50. The van der Waals surface area contributed by atoms with Gasteiger partial charge in [0, 0.05) is 11.6 Å². The molecule has 0 saturated heterocycles. The number of benzene rings is 1. The van der Waals surface area contributed by atoms with Crippen LogP contribution in [-0.2, 0) is 6.54 Å². The molecular weight excluding hydrogens is 242 g/mol. The summed E-state index contributed by atoms with van der Waals surface area (Å²) < 4.78 is 0. The van der Waals surface area contributed by atoms with E-state index in [1.807, 2.05) is 0 Å². The summed E-state index contributed by atoms with van der Waals surface area (Å²) >= 11 is 6.14. The molecule has 1 aromatic rings. The molecule has 2 fully saturated rings. The van der Waals surface area contributed by atoms with Crippen LogP contribution >= 0.6 is 11.6 Å². The first kappa shape index (κ1) is 12.5. The average molecular weight is 264 g/mol. The number of rotatable bonds is 4. The first-order chi connectivity index (χ1) is 8.72. The second-order valence-corrected chi connectivity index (χ2v) is 6.56. The van der Waals surface area contributed by atoms with Crippen LogP contribution in [0.1, 0.15) is 36.8 Å². The number of nitrogens with one attached hydrogen (secondary N) is 1. The highest BCUT2D eigenvalue weighted by atomic mass is 35.5. The van der Waals surface area contributed by atoms with E-state index in [1.165, 1.54) is 37.8 Å². The minimum Gasteiger partial charge on any atom is -0.312 e. The van der Waals surface area contributed by atoms with Crippen molar-refractivity contribution >= 4 is 11.6 Å². The zero-order valence-corrected chi connectivity index (χ0v) is 11.8. The van der Waals surface area contributed by atoms with Gasteiger partial charge in [-0.25, -0.2) is 0 Å². The molecule has 0 heterocycles. The van der Waals surface area contributed by atoms with Crippen molar-refractivity contribution in [2.45, 2.75) is 39.2 Å². The highest BCUT2D eigenvalue weighted by Gasteiger charge is 2.38. The zero-order valence-electron chi connectivity index (χ0n) is 11.1. The Morgan fingerprint density at radius 3 is 2.83 bits per heavy atom. The summed E-state index contributed by atoms with van der Waals surface area (Å²) in [6.07, 6.45) is 5.94. The lowest BCUT2D eigenvalue weighted by Crippen LogP contribution is -2.26. The van der Waals surface area contributed by atoms with Crippen molar-refractivity contribution in [2.75, 3.05) is 6.54 Å². The molecule has 2 saturated carbocycles. The lowest BCUT2D eigenvalue weighted by atomic mass is 9.89. The van der Waals surface area contributed by atoms with Gasteiger partial charge in [-0.15, -0.1) is 0 Å². The fourth-order valence-corrected chi connectivity index (χ4v) is 3.98. The van der Waals surface area contributed by atoms with Crippen molar-refractivity contribution in [1.29, 1.82) is 0 Å². The molecular formula is C16H22ClN. The van der Waals surface area contributed by atoms with Crippen LogP contribution in [0.15, 0.2) is 18.2 Å². The minimum atomic E-state index is 0.884. The van der Waals surface area contributed by atoms with Crippen molar-refractivity contribution in [3.63, 3.8) is 0 Å². The summed E-state index contributed by atoms with van der Waals surface area (Å²) in [5.74, 6) is 3.00. The molecule has 2 bridgehead atoms. The van der Waals surface area contributed by atoms with E-state index in [0.29, 0.717) is 0 Å². The van der Waals surface area contributed by atoms with Crippen LogP contribution in [0.5, 0.6) is 0 Å². The first-order valence-corrected chi connectivity index (χ1v) is 7.56. The number of halogens is 1. The van der Waals surface area contributed by atoms with Gasteiger partial charge in [-0.3, -0.25) is 0 Å². The Balaban J connectivity index is 1.48. The predicted molar refractivity (Wildman–Crippen MR) is 76.8 cm³/mol. The SMILES string of the molecule is Cc1ccc(CNCC2CC3CCC2C3)cc1Cl. The Hall–Kier alpha value is -0.530. The van der Waals surface area contributed by atoms with Crippen LogP contribution in [0.2, 0.25) is 5.02 Å². The highest BCUT2D eigenvalue weighted by molar-refractivity contribution is 6.31. The highest BCUT2D eigenvalue weighted by Crippen LogP contribution is 2.47. The average Bonchev–Trinajstić information content (AvgIpc) is 2.96. The Kier molecular flexibility index (Phi) is 3.63. The maximum atomic E-state index is 6.14. The monoisotopic (exact) mass is 263 g/mol. The van der Waals surface area contributed by atoms with E-state index in [2.05, 4.69) is 30.4 Å². The van der Waals surface area contributed by atoms with Gasteiger partial charge in [-0.05, 0) is 67.7 Å². The van der Waals surface area contributed by atoms with Crippen LogP contribution in [-0.4, -0.2) is 6.54 Å². The molecule has 18 heavy (non-hydrogen) atoms. The van der Waals surface area contributed by atoms with Crippen LogP contribution in [0.3, 0.4) is 0 Å². The largest absolute Gasteiger partial charge is 0.312 e. The number of aryl methyl sites for hydroxylation is 1. The summed E-state index contributed by atoms with van der Waals surface area (Å²) in [4.78, 5) is 0. The summed E-state index contributed by atoms with van der Waals surface area (Å²) in [6, 6.07) is 6.37. The molecule has 3 atom stereocenters. The fourth-order valence-electron chi connectivity index (χ4n) is 3.77. The summed E-state index contributed by atoms with van der Waals surface area (Å²) in [6.45, 7) is 4.19. The van der Waals surface area contributed by atoms with E-state index in [-0.39, 0.29) is 0 Å². The van der Waals surface area contributed by atoms with E-state index >= 15 is 0 Å². The molecule has 98 valence electrons. The van der Waals surface area contributed by atoms with Gasteiger partial charge in [0.25, 0.3) is 0 Å². The van der Waals surface area contributed by atoms with E-state index in [9.17, 15) is 0 Å². The zero-order chi connectivity index (χ0) is 12.5. The van der Waals surface area contributed by atoms with Crippen molar-refractivity contribution in [3.05, 3.63) is 34.3 Å². The third kappa shape index (κ3) is 2.57. The summed E-state index contributed by atoms with van der Waals surface area (Å²) in [5.41, 5.74) is 2.46. The van der Waals surface area contributed by atoms with Gasteiger partial charge in [0.05, 0.1) is 0 Å². The van der Waals surface area contributed by atoms with Crippen LogP contribution in [0, 0.1) is 24.7 Å². The second-order valence-electron chi connectivity index (χ2n) is 6.15. The Morgan fingerprint density at radius 2 is 2.17 bits per heavy atom. The Morgan fingerprint density at radius 1 is 1.28 bits per heavy atom. The molecule has 2 heteroatoms. The van der Waals surface area contributed by atoms with Crippen LogP contribution in [0.25, 0.3) is 0 Å². The summed E-state index contributed by atoms with van der Waals surface area (Å²) in [7, 11) is 0. The van der Waals surface area contributed by atoms with Gasteiger partial charge < -0.3 is 5.32 Å². The van der Waals surface area contributed by atoms with Crippen molar-refractivity contribution in [3.8, 4) is 0 Å². The lowest BCUT2D eigenvalue weighted by Gasteiger charge is -2.22. The van der Waals surface area contributed by atoms with E-state index in [4.69, 9.17) is 11.6 Å². The lowest BCUT2D eigenvalue weighted by molar-refractivity contribution is 0.318. The molecule has 1 N–H and O–H groups in total. The molecule has 1 aromatic carbocycles. The van der Waals surface area contributed by atoms with Gasteiger partial charge in [0.15, 0.2) is 0 Å². The quantitative estimate of drug-likeness (QED) is 0.860. The molecule has 0 radical (unpaired) electrons. The molecule has 2 aliphatic carbocycles. The first-order valence-electron chi connectivity index (χ1n) is 7.18. The van der Waals surface area contributed by atoms with Crippen molar-refractivity contribution in [2.24, 2.45) is 17.8 Å². The van der Waals surface area contributed by atoms with Gasteiger partial charge in [0.2, 0.25) is 0 Å². The third-order valence-electron chi connectivity index (χ3n) is 4.86. The molecule has 0 aliphatic heterocycles. The molecule has 0 aromatic heterocycles. The van der Waals surface area contributed by atoms with Gasteiger partial charge in [0.1, 0.15) is 0 Å². The van der Waals surface area contributed by atoms with Gasteiger partial charge in [-0.1, -0.05) is 30.2 Å². The second kappa shape index (κ2) is 5.22. The minimum absolute atomic E-state index is 0.884. The number of fused-ring (bicyclic) bond motifs is 2. The molecule has 2 aliphatic rings. The topological polar surface area (TPSA) is 12.0 Å². The maximum Gasteiger partial charge on any atom is 0.0438 e. The molecule has 3 rings (SSSR count). The molecule has 0 amide bonds. The predicted octanol–water partition coefficient (Wildman–Crippen LogP) is 4.17. The Bertz CT molecular complexity index is 429. The van der Waals surface area contributed by atoms with Crippen LogP contribution in [0.4, 0.5) is 0 Å². The standard InChI is InChI=1S/C16H22ClN/c1-11-2-3-13(8-16(11)17)9-18-10-15-7-12-4-5-14(15)6-12/h2-3,8,12,14-15,18H,4-7,9-10H2,1H3. The molecule has 0 spiro atoms. The van der Waals surface area contributed by atoms with E-state index in [0.717, 1.165) is 34.9 Å².